The Hall–Kier alpha value is -18.5. The van der Waals surface area contributed by atoms with Gasteiger partial charge in [0.2, 0.25) is 0 Å². The van der Waals surface area contributed by atoms with E-state index in [9.17, 15) is 0 Å². The molecule has 8 nitrogen and oxygen atoms in total. The van der Waals surface area contributed by atoms with Crippen LogP contribution in [-0.2, 0) is 0 Å². The van der Waals surface area contributed by atoms with Crippen LogP contribution in [0, 0.1) is 11.8 Å². The number of imidazole rings is 4. The van der Waals surface area contributed by atoms with Crippen molar-refractivity contribution in [2.24, 2.45) is 11.8 Å². The summed E-state index contributed by atoms with van der Waals surface area (Å²) in [6, 6.07) is 142. The predicted octanol–water partition coefficient (Wildman–Crippen LogP) is 27.1. The standard InChI is InChI=1S/C72H50N4.C66H46N4/c1-3-15-47(16-4-1)55-39-41-67-73-65(45-75(67)43-55)49-27-31-51(32-28-49)69-57-19-7-11-23-61(57)71(62-24-12-8-20-58(62)69)53-35-37-54(38-36-53)72-63-25-13-9-21-59(63)70(60-22-10-14-26-64(60)72)52-33-29-50(30-34-52)66-46-76-44-56(40-42-68(76)74-66)48-17-5-2-6-18-48;1-2-14-43(15-3-1)50-37-39-70-42-60(68-62(70)40-50)45-27-31-47(32-28-45)64-53-18-6-10-22-57(53)66(58-23-11-7-19-54(58)64)49-35-33-48(34-36-49)65-55-20-8-4-16-51(55)63(52-17-5-9-21-56(52)65)46-29-25-44(26-30-46)59-41-69-38-13-12-24-61(69)67-59/h1-9,11-13,15-19,21-46,58H,10,14,20H2;1-6,8-10,12-16,18-42,52H,7,11,17H2. The average molecular weight is 1870 g/mol. The second kappa shape index (κ2) is 35.9. The van der Waals surface area contributed by atoms with Crippen LogP contribution in [0.4, 0.5) is 0 Å². The molecule has 0 N–H and O–H groups in total. The fourth-order valence-electron chi connectivity index (χ4n) is 23.9. The van der Waals surface area contributed by atoms with Gasteiger partial charge in [-0.15, -0.1) is 0 Å². The molecular formula is C138H96N8. The number of pyridine rings is 4. The van der Waals surface area contributed by atoms with Gasteiger partial charge in [-0.1, -0.05) is 400 Å². The molecule has 2 unspecified atom stereocenters. The van der Waals surface area contributed by atoms with Crippen molar-refractivity contribution < 1.29 is 0 Å². The van der Waals surface area contributed by atoms with E-state index in [1.165, 1.54) is 197 Å². The van der Waals surface area contributed by atoms with Gasteiger partial charge in [-0.05, 0) is 284 Å². The summed E-state index contributed by atoms with van der Waals surface area (Å²) in [5.74, 6) is 0.466. The van der Waals surface area contributed by atoms with Gasteiger partial charge in [0.15, 0.2) is 0 Å². The van der Waals surface area contributed by atoms with Crippen molar-refractivity contribution in [3.05, 3.63) is 549 Å². The second-order valence-electron chi connectivity index (χ2n) is 39.1. The normalized spacial score (nSPS) is 14.9. The smallest absolute Gasteiger partial charge is 0.138 e. The van der Waals surface area contributed by atoms with Crippen molar-refractivity contribution in [1.29, 1.82) is 0 Å². The molecule has 0 saturated heterocycles. The SMILES string of the molecule is C1=CCC2C(=C1)C(c1ccc(-c3c4c(c(-c5ccc(-c6cn7cc(-c8ccccc8)ccc7n6)cc5)c5ccccc35)=CCCC=4)cc1)=c1ccccc1=C2c1ccc(-c2cn3cc(-c4ccccc4)ccc3n2)cc1.C1=CCC2C(=C1)C(c1ccc(-c3c4c(c(-c5ccc(-c6cn7ccc(-c8ccccc8)cc7n6)cc5)c5ccccc35)=CCCC=4)cc1)=c1ccccc1=C2c1ccc(-c2cn3ccccc3n2)cc1. The summed E-state index contributed by atoms with van der Waals surface area (Å²) in [6.45, 7) is 0. The third-order valence-corrected chi connectivity index (χ3v) is 30.8. The Balaban J connectivity index is 0.000000142. The van der Waals surface area contributed by atoms with Gasteiger partial charge < -0.3 is 17.6 Å². The van der Waals surface area contributed by atoms with Gasteiger partial charge in [-0.3, -0.25) is 0 Å². The maximum atomic E-state index is 5.08. The molecule has 146 heavy (non-hydrogen) atoms. The van der Waals surface area contributed by atoms with Gasteiger partial charge in [-0.25, -0.2) is 19.9 Å². The number of rotatable bonds is 15. The lowest BCUT2D eigenvalue weighted by molar-refractivity contribution is 0.798. The van der Waals surface area contributed by atoms with E-state index in [1.54, 1.807) is 0 Å². The molecule has 8 heteroatoms. The number of aromatic nitrogens is 8. The highest BCUT2D eigenvalue weighted by atomic mass is 15.0. The van der Waals surface area contributed by atoms with Gasteiger partial charge in [-0.2, -0.15) is 0 Å². The average Bonchev–Trinajstić information content (AvgIpc) is 1.65. The predicted molar refractivity (Wildman–Crippen MR) is 602 cm³/mol. The second-order valence-corrected chi connectivity index (χ2v) is 39.1. The molecule has 0 bridgehead atoms. The quantitative estimate of drug-likeness (QED) is 0.103. The van der Waals surface area contributed by atoms with E-state index in [1.807, 2.05) is 12.1 Å². The van der Waals surface area contributed by atoms with Gasteiger partial charge in [0.05, 0.1) is 22.8 Å². The minimum absolute atomic E-state index is 0.224. The molecule has 0 amide bonds. The van der Waals surface area contributed by atoms with Crippen LogP contribution in [0.1, 0.15) is 60.8 Å². The highest BCUT2D eigenvalue weighted by molar-refractivity contribution is 6.08. The van der Waals surface area contributed by atoms with Gasteiger partial charge in [0.1, 0.15) is 22.6 Å². The molecule has 0 spiro atoms. The van der Waals surface area contributed by atoms with Crippen molar-refractivity contribution >= 4 is 90.7 Å². The highest BCUT2D eigenvalue weighted by Crippen LogP contribution is 2.46. The molecule has 29 rings (SSSR count). The first-order valence-corrected chi connectivity index (χ1v) is 51.0. The number of hydrogen-bond donors (Lipinski definition) is 0. The Kier molecular flexibility index (Phi) is 21.0. The van der Waals surface area contributed by atoms with E-state index >= 15 is 0 Å². The number of nitrogens with zero attached hydrogens (tertiary/aromatic N) is 8. The van der Waals surface area contributed by atoms with Crippen LogP contribution >= 0.6 is 0 Å². The summed E-state index contributed by atoms with van der Waals surface area (Å²) < 4.78 is 8.48. The largest absolute Gasteiger partial charge is 0.306 e. The van der Waals surface area contributed by atoms with Crippen molar-refractivity contribution in [1.82, 2.24) is 37.5 Å². The topological polar surface area (TPSA) is 69.2 Å². The molecule has 0 radical (unpaired) electrons. The van der Waals surface area contributed by atoms with Crippen molar-refractivity contribution in [2.45, 2.75) is 38.5 Å². The van der Waals surface area contributed by atoms with Crippen molar-refractivity contribution in [3.63, 3.8) is 0 Å². The maximum Gasteiger partial charge on any atom is 0.138 e. The lowest BCUT2D eigenvalue weighted by atomic mass is 9.72. The number of fused-ring (bicyclic) bond motifs is 12. The van der Waals surface area contributed by atoms with Crippen LogP contribution < -0.4 is 41.7 Å². The minimum Gasteiger partial charge on any atom is -0.306 e. The molecule has 0 fully saturated rings. The summed E-state index contributed by atoms with van der Waals surface area (Å²) in [4.78, 5) is 20.0. The zero-order valence-corrected chi connectivity index (χ0v) is 80.3. The molecule has 23 aromatic rings. The first kappa shape index (κ1) is 85.5. The summed E-state index contributed by atoms with van der Waals surface area (Å²) in [7, 11) is 0. The summed E-state index contributed by atoms with van der Waals surface area (Å²) in [6.07, 6.45) is 46.8. The monoisotopic (exact) mass is 1860 g/mol. The Morgan fingerprint density at radius 3 is 0.877 bits per heavy atom. The Morgan fingerprint density at radius 1 is 0.205 bits per heavy atom. The molecule has 2 atom stereocenters. The number of hydrogen-bond acceptors (Lipinski definition) is 4. The Labute approximate surface area is 845 Å². The first-order chi connectivity index (χ1) is 72.4. The van der Waals surface area contributed by atoms with Gasteiger partial charge >= 0.3 is 0 Å². The Morgan fingerprint density at radius 2 is 0.500 bits per heavy atom. The zero-order chi connectivity index (χ0) is 96.2. The molecule has 688 valence electrons. The van der Waals surface area contributed by atoms with Crippen LogP contribution in [0.15, 0.2) is 485 Å². The fourth-order valence-corrected chi connectivity index (χ4v) is 23.9. The number of allylic oxidation sites excluding steroid dienone is 8. The molecule has 6 aliphatic rings. The van der Waals surface area contributed by atoms with Crippen LogP contribution in [0.25, 0.3) is 214 Å². The third kappa shape index (κ3) is 15.1. The van der Waals surface area contributed by atoms with E-state index in [2.05, 4.69) is 504 Å². The van der Waals surface area contributed by atoms with Crippen LogP contribution in [-0.4, -0.2) is 37.5 Å². The third-order valence-electron chi connectivity index (χ3n) is 30.8. The van der Waals surface area contributed by atoms with Gasteiger partial charge in [0.25, 0.3) is 0 Å². The van der Waals surface area contributed by atoms with E-state index in [4.69, 9.17) is 19.9 Å². The molecule has 0 aliphatic heterocycles. The summed E-state index contributed by atoms with van der Waals surface area (Å²) >= 11 is 0. The van der Waals surface area contributed by atoms with Crippen LogP contribution in [0.2, 0.25) is 0 Å². The summed E-state index contributed by atoms with van der Waals surface area (Å²) in [5, 5.41) is 15.6. The Bertz CT molecular complexity index is 9960. The maximum absolute atomic E-state index is 5.08. The molecular weight excluding hydrogens is 1770 g/mol. The van der Waals surface area contributed by atoms with E-state index in [0.717, 1.165) is 106 Å². The van der Waals surface area contributed by atoms with Crippen LogP contribution in [0.3, 0.4) is 0 Å². The molecule has 15 aromatic carbocycles. The minimum atomic E-state index is 0.224. The summed E-state index contributed by atoms with van der Waals surface area (Å²) in [5.41, 5.74) is 42.5. The van der Waals surface area contributed by atoms with Crippen LogP contribution in [0.5, 0.6) is 0 Å². The molecule has 0 saturated carbocycles. The van der Waals surface area contributed by atoms with E-state index < -0.39 is 0 Å². The lowest BCUT2D eigenvalue weighted by Crippen LogP contribution is -2.37. The van der Waals surface area contributed by atoms with E-state index in [0.29, 0.717) is 0 Å². The van der Waals surface area contributed by atoms with Crippen molar-refractivity contribution in [2.75, 3.05) is 0 Å². The molecule has 8 aromatic heterocycles. The molecule has 8 heterocycles. The van der Waals surface area contributed by atoms with Crippen molar-refractivity contribution in [3.8, 4) is 123 Å². The number of benzene rings is 15. The fraction of sp³-hybridized carbons (Fsp3) is 0.0580. The zero-order valence-electron chi connectivity index (χ0n) is 80.3. The highest BCUT2D eigenvalue weighted by Gasteiger charge is 2.33. The van der Waals surface area contributed by atoms with Gasteiger partial charge in [0, 0.05) is 83.7 Å². The van der Waals surface area contributed by atoms with E-state index in [-0.39, 0.29) is 11.8 Å². The molecule has 6 aliphatic carbocycles. The first-order valence-electron chi connectivity index (χ1n) is 51.0. The lowest BCUT2D eigenvalue weighted by Gasteiger charge is -2.31.